The molecule has 0 aliphatic carbocycles. The monoisotopic (exact) mass is 267 g/mol. The molecule has 7 nitrogen and oxygen atoms in total. The summed E-state index contributed by atoms with van der Waals surface area (Å²) in [6.07, 6.45) is 3.35. The number of aromatic nitrogens is 2. The number of carboxylic acid groups (broad SMARTS) is 1. The quantitative estimate of drug-likeness (QED) is 0.814. The fraction of sp³-hybridized carbons (Fsp3) is 0.583. The SMILES string of the molecule is COCCN1C(=O)CC(C(=O)O)C1c1nccn1C. The van der Waals surface area contributed by atoms with Gasteiger partial charge >= 0.3 is 5.97 Å². The van der Waals surface area contributed by atoms with Gasteiger partial charge in [-0.25, -0.2) is 4.98 Å². The summed E-state index contributed by atoms with van der Waals surface area (Å²) in [4.78, 5) is 29.1. The van der Waals surface area contributed by atoms with Crippen molar-refractivity contribution in [2.45, 2.75) is 12.5 Å². The van der Waals surface area contributed by atoms with Crippen LogP contribution >= 0.6 is 0 Å². The van der Waals surface area contributed by atoms with Crippen LogP contribution in [0.4, 0.5) is 0 Å². The molecule has 0 aromatic carbocycles. The van der Waals surface area contributed by atoms with Gasteiger partial charge in [-0.1, -0.05) is 0 Å². The third-order valence-corrected chi connectivity index (χ3v) is 3.41. The number of hydrogen-bond acceptors (Lipinski definition) is 4. The number of carbonyl (C=O) groups excluding carboxylic acids is 1. The molecule has 1 N–H and O–H groups in total. The molecular weight excluding hydrogens is 250 g/mol. The zero-order chi connectivity index (χ0) is 14.0. The van der Waals surface area contributed by atoms with Gasteiger partial charge in [-0.2, -0.15) is 0 Å². The predicted octanol–water partition coefficient (Wildman–Crippen LogP) is 0.0407. The molecule has 2 unspecified atom stereocenters. The zero-order valence-corrected chi connectivity index (χ0v) is 10.9. The van der Waals surface area contributed by atoms with E-state index in [-0.39, 0.29) is 12.3 Å². The lowest BCUT2D eigenvalue weighted by Gasteiger charge is -2.26. The zero-order valence-electron chi connectivity index (χ0n) is 10.9. The van der Waals surface area contributed by atoms with Gasteiger partial charge in [-0.05, 0) is 0 Å². The number of rotatable bonds is 5. The number of carbonyl (C=O) groups is 2. The van der Waals surface area contributed by atoms with Crippen LogP contribution in [0.15, 0.2) is 12.4 Å². The second kappa shape index (κ2) is 5.40. The third-order valence-electron chi connectivity index (χ3n) is 3.41. The number of aliphatic carboxylic acids is 1. The Morgan fingerprint density at radius 1 is 1.63 bits per heavy atom. The molecule has 0 bridgehead atoms. The number of nitrogens with zero attached hydrogens (tertiary/aromatic N) is 3. The van der Waals surface area contributed by atoms with Gasteiger partial charge in [0.25, 0.3) is 0 Å². The first kappa shape index (κ1) is 13.5. The molecule has 0 radical (unpaired) electrons. The number of carboxylic acids is 1. The number of likely N-dealkylation sites (tertiary alicyclic amines) is 1. The van der Waals surface area contributed by atoms with E-state index < -0.39 is 17.9 Å². The van der Waals surface area contributed by atoms with E-state index in [2.05, 4.69) is 4.98 Å². The normalized spacial score (nSPS) is 23.1. The van der Waals surface area contributed by atoms with Crippen molar-refractivity contribution in [3.8, 4) is 0 Å². The Kier molecular flexibility index (Phi) is 3.84. The number of ether oxygens (including phenoxy) is 1. The van der Waals surface area contributed by atoms with Gasteiger partial charge in [0.15, 0.2) is 0 Å². The van der Waals surface area contributed by atoms with Crippen LogP contribution in [-0.2, 0) is 21.4 Å². The van der Waals surface area contributed by atoms with E-state index in [1.807, 2.05) is 0 Å². The average Bonchev–Trinajstić information content (AvgIpc) is 2.90. The van der Waals surface area contributed by atoms with E-state index in [4.69, 9.17) is 4.74 Å². The summed E-state index contributed by atoms with van der Waals surface area (Å²) in [7, 11) is 3.34. The Labute approximate surface area is 110 Å². The molecule has 7 heteroatoms. The van der Waals surface area contributed by atoms with Crippen LogP contribution in [0.2, 0.25) is 0 Å². The van der Waals surface area contributed by atoms with Gasteiger partial charge in [0.05, 0.1) is 12.5 Å². The fourth-order valence-corrected chi connectivity index (χ4v) is 2.45. The van der Waals surface area contributed by atoms with Gasteiger partial charge in [0.2, 0.25) is 5.91 Å². The number of hydrogen-bond donors (Lipinski definition) is 1. The van der Waals surface area contributed by atoms with E-state index in [0.717, 1.165) is 0 Å². The molecule has 1 saturated heterocycles. The Balaban J connectivity index is 2.33. The van der Waals surface area contributed by atoms with Crippen LogP contribution in [0.1, 0.15) is 18.3 Å². The Hall–Kier alpha value is -1.89. The summed E-state index contributed by atoms with van der Waals surface area (Å²) in [6.45, 7) is 0.746. The highest BCUT2D eigenvalue weighted by molar-refractivity contribution is 5.87. The maximum atomic E-state index is 12.0. The average molecular weight is 267 g/mol. The fourth-order valence-electron chi connectivity index (χ4n) is 2.45. The molecule has 1 aromatic heterocycles. The second-order valence-corrected chi connectivity index (χ2v) is 4.57. The van der Waals surface area contributed by atoms with Gasteiger partial charge in [0, 0.05) is 39.5 Å². The number of amides is 1. The molecular formula is C12H17N3O4. The molecule has 1 amide bonds. The molecule has 1 aromatic rings. The summed E-state index contributed by atoms with van der Waals surface area (Å²) in [5.41, 5.74) is 0. The molecule has 2 heterocycles. The summed E-state index contributed by atoms with van der Waals surface area (Å²) in [5, 5.41) is 9.29. The third kappa shape index (κ3) is 2.46. The van der Waals surface area contributed by atoms with Crippen LogP contribution in [0, 0.1) is 5.92 Å². The minimum absolute atomic E-state index is 0.0105. The molecule has 2 atom stereocenters. The molecule has 1 aliphatic heterocycles. The first-order valence-electron chi connectivity index (χ1n) is 6.04. The lowest BCUT2D eigenvalue weighted by molar-refractivity contribution is -0.142. The molecule has 0 spiro atoms. The van der Waals surface area contributed by atoms with Gasteiger partial charge in [0.1, 0.15) is 11.9 Å². The highest BCUT2D eigenvalue weighted by atomic mass is 16.5. The largest absolute Gasteiger partial charge is 0.481 e. The van der Waals surface area contributed by atoms with Gasteiger partial charge < -0.3 is 19.3 Å². The Morgan fingerprint density at radius 3 is 2.89 bits per heavy atom. The Morgan fingerprint density at radius 2 is 2.37 bits per heavy atom. The highest BCUT2D eigenvalue weighted by Gasteiger charge is 2.46. The van der Waals surface area contributed by atoms with Crippen molar-refractivity contribution in [3.63, 3.8) is 0 Å². The minimum atomic E-state index is -0.971. The maximum Gasteiger partial charge on any atom is 0.309 e. The van der Waals surface area contributed by atoms with Crippen molar-refractivity contribution in [2.24, 2.45) is 13.0 Å². The van der Waals surface area contributed by atoms with Crippen molar-refractivity contribution in [2.75, 3.05) is 20.3 Å². The van der Waals surface area contributed by atoms with E-state index >= 15 is 0 Å². The smallest absolute Gasteiger partial charge is 0.309 e. The van der Waals surface area contributed by atoms with E-state index in [1.165, 1.54) is 0 Å². The highest BCUT2D eigenvalue weighted by Crippen LogP contribution is 2.37. The van der Waals surface area contributed by atoms with Gasteiger partial charge in [-0.15, -0.1) is 0 Å². The second-order valence-electron chi connectivity index (χ2n) is 4.57. The van der Waals surface area contributed by atoms with E-state index in [9.17, 15) is 14.7 Å². The molecule has 2 rings (SSSR count). The summed E-state index contributed by atoms with van der Waals surface area (Å²) in [5.74, 6) is -1.31. The standard InChI is InChI=1S/C12H17N3O4/c1-14-4-3-13-11(14)10-8(12(17)18)7-9(16)15(10)5-6-19-2/h3-4,8,10H,5-7H2,1-2H3,(H,17,18). The number of methoxy groups -OCH3 is 1. The van der Waals surface area contributed by atoms with Crippen molar-refractivity contribution < 1.29 is 19.4 Å². The van der Waals surface area contributed by atoms with Crippen LogP contribution in [-0.4, -0.2) is 51.7 Å². The Bertz CT molecular complexity index is 485. The maximum absolute atomic E-state index is 12.0. The molecule has 0 saturated carbocycles. The van der Waals surface area contributed by atoms with Crippen LogP contribution in [0.5, 0.6) is 0 Å². The molecule has 104 valence electrons. The molecule has 1 aliphatic rings. The van der Waals surface area contributed by atoms with Crippen molar-refractivity contribution >= 4 is 11.9 Å². The van der Waals surface area contributed by atoms with Crippen LogP contribution < -0.4 is 0 Å². The van der Waals surface area contributed by atoms with Crippen LogP contribution in [0.25, 0.3) is 0 Å². The van der Waals surface area contributed by atoms with E-state index in [1.54, 1.807) is 36.0 Å². The first-order valence-corrected chi connectivity index (χ1v) is 6.04. The van der Waals surface area contributed by atoms with Crippen molar-refractivity contribution in [1.29, 1.82) is 0 Å². The number of imidazole rings is 1. The number of aryl methyl sites for hydroxylation is 1. The summed E-state index contributed by atoms with van der Waals surface area (Å²) >= 11 is 0. The topological polar surface area (TPSA) is 84.7 Å². The van der Waals surface area contributed by atoms with E-state index in [0.29, 0.717) is 19.0 Å². The minimum Gasteiger partial charge on any atom is -0.481 e. The summed E-state index contributed by atoms with van der Waals surface area (Å²) < 4.78 is 6.72. The van der Waals surface area contributed by atoms with Crippen molar-refractivity contribution in [3.05, 3.63) is 18.2 Å². The molecule has 1 fully saturated rings. The van der Waals surface area contributed by atoms with Crippen LogP contribution in [0.3, 0.4) is 0 Å². The first-order chi connectivity index (χ1) is 9.06. The molecule has 19 heavy (non-hydrogen) atoms. The lowest BCUT2D eigenvalue weighted by atomic mass is 10.00. The van der Waals surface area contributed by atoms with Gasteiger partial charge in [-0.3, -0.25) is 9.59 Å². The summed E-state index contributed by atoms with van der Waals surface area (Å²) in [6, 6.07) is -0.528. The lowest BCUT2D eigenvalue weighted by Crippen LogP contribution is -2.34. The van der Waals surface area contributed by atoms with Crippen molar-refractivity contribution in [1.82, 2.24) is 14.5 Å². The predicted molar refractivity (Wildman–Crippen MR) is 65.3 cm³/mol.